The number of hydrogen-bond acceptors (Lipinski definition) is 7. The van der Waals surface area contributed by atoms with E-state index in [4.69, 9.17) is 16.3 Å². The highest BCUT2D eigenvalue weighted by molar-refractivity contribution is 7.92. The van der Waals surface area contributed by atoms with Crippen LogP contribution >= 0.6 is 11.6 Å². The van der Waals surface area contributed by atoms with Gasteiger partial charge in [-0.2, -0.15) is 4.98 Å². The van der Waals surface area contributed by atoms with E-state index in [0.29, 0.717) is 6.07 Å². The number of ether oxygens (including phenoxy) is 1. The first-order valence-electron chi connectivity index (χ1n) is 10.3. The zero-order valence-electron chi connectivity index (χ0n) is 18.9. The highest BCUT2D eigenvalue weighted by Crippen LogP contribution is 2.39. The molecule has 0 unspecified atom stereocenters. The molecule has 36 heavy (non-hydrogen) atoms. The summed E-state index contributed by atoms with van der Waals surface area (Å²) < 4.78 is 58.9. The minimum atomic E-state index is -3.74. The normalized spacial score (nSPS) is 13.2. The molecule has 3 aromatic rings. The van der Waals surface area contributed by atoms with Gasteiger partial charge >= 0.3 is 0 Å². The number of nitrogens with zero attached hydrogens (tertiary/aromatic N) is 4. The number of aliphatic hydroxyl groups is 1. The Labute approximate surface area is 209 Å². The fourth-order valence-electron chi connectivity index (χ4n) is 3.71. The average Bonchev–Trinajstić information content (AvgIpc) is 3.20. The maximum Gasteiger partial charge on any atom is 0.280 e. The summed E-state index contributed by atoms with van der Waals surface area (Å²) in [6, 6.07) is 7.21. The zero-order chi connectivity index (χ0) is 26.4. The minimum Gasteiger partial charge on any atom is -0.471 e. The Hall–Kier alpha value is -3.55. The average molecular weight is 541 g/mol. The van der Waals surface area contributed by atoms with Gasteiger partial charge in [-0.15, -0.1) is 0 Å². The predicted octanol–water partition coefficient (Wildman–Crippen LogP) is 2.11. The monoisotopic (exact) mass is 540 g/mol. The largest absolute Gasteiger partial charge is 0.471 e. The second-order valence-electron chi connectivity index (χ2n) is 7.85. The van der Waals surface area contributed by atoms with Crippen LogP contribution in [0.4, 0.5) is 20.2 Å². The third-order valence-electron chi connectivity index (χ3n) is 5.43. The fourth-order valence-corrected chi connectivity index (χ4v) is 4.73. The third kappa shape index (κ3) is 4.64. The van der Waals surface area contributed by atoms with Gasteiger partial charge < -0.3 is 9.84 Å². The van der Waals surface area contributed by atoms with Gasteiger partial charge in [-0.05, 0) is 37.3 Å². The van der Waals surface area contributed by atoms with Gasteiger partial charge in [0.15, 0.2) is 5.02 Å². The number of benzene rings is 2. The molecule has 14 heteroatoms. The number of rotatable bonds is 6. The number of sulfonamides is 1. The minimum absolute atomic E-state index is 0.0267. The Morgan fingerprint density at radius 2 is 1.92 bits per heavy atom. The van der Waals surface area contributed by atoms with Crippen molar-refractivity contribution in [1.29, 1.82) is 0 Å². The van der Waals surface area contributed by atoms with Gasteiger partial charge in [0, 0.05) is 11.6 Å². The molecule has 1 aromatic heterocycles. The van der Waals surface area contributed by atoms with Crippen LogP contribution in [0.1, 0.15) is 11.4 Å². The Balaban J connectivity index is 1.73. The molecule has 0 aliphatic carbocycles. The topological polar surface area (TPSA) is 122 Å². The van der Waals surface area contributed by atoms with E-state index in [9.17, 15) is 31.9 Å². The van der Waals surface area contributed by atoms with Crippen molar-refractivity contribution in [2.24, 2.45) is 0 Å². The van der Waals surface area contributed by atoms with Gasteiger partial charge in [0.2, 0.25) is 15.9 Å². The number of hydrogen-bond donors (Lipinski definition) is 1. The molecule has 0 saturated heterocycles. The summed E-state index contributed by atoms with van der Waals surface area (Å²) in [5.74, 6) is -2.47. The number of carbonyl (C=O) groups excluding carboxylic acids is 1. The third-order valence-corrected chi connectivity index (χ3v) is 6.86. The van der Waals surface area contributed by atoms with Crippen LogP contribution in [-0.4, -0.2) is 48.5 Å². The molecule has 0 atom stereocenters. The molecule has 1 N–H and O–H groups in total. The smallest absolute Gasteiger partial charge is 0.280 e. The number of amides is 1. The molecular formula is C22H19ClF2N4O6S. The Morgan fingerprint density at radius 1 is 1.19 bits per heavy atom. The summed E-state index contributed by atoms with van der Waals surface area (Å²) in [5, 5.41) is 8.90. The number of halogens is 3. The molecule has 0 saturated carbocycles. The van der Waals surface area contributed by atoms with Crippen LogP contribution in [-0.2, 0) is 21.4 Å². The second kappa shape index (κ2) is 9.48. The van der Waals surface area contributed by atoms with Crippen molar-refractivity contribution in [3.05, 3.63) is 74.8 Å². The standard InChI is InChI=1S/C22H19ClF2N4O6S/c1-12-26-21(35-10-13-3-4-14(24)7-16(13)25)20(23)22(32)29(12)15-5-6-17-18(8-15)27(19(31)9-30)11-28(17)36(2,33)34/h3-8,30H,9-11H2,1-2H3. The van der Waals surface area contributed by atoms with Crippen LogP contribution in [0.2, 0.25) is 5.02 Å². The molecule has 2 heterocycles. The number of aliphatic hydroxyl groups excluding tert-OH is 1. The molecule has 0 spiro atoms. The van der Waals surface area contributed by atoms with Gasteiger partial charge in [0.05, 0.1) is 23.3 Å². The molecule has 1 aliphatic heterocycles. The van der Waals surface area contributed by atoms with E-state index in [0.717, 1.165) is 26.1 Å². The van der Waals surface area contributed by atoms with Crippen molar-refractivity contribution in [2.75, 3.05) is 28.7 Å². The van der Waals surface area contributed by atoms with E-state index >= 15 is 0 Å². The van der Waals surface area contributed by atoms with Crippen molar-refractivity contribution in [1.82, 2.24) is 9.55 Å². The van der Waals surface area contributed by atoms with E-state index in [1.807, 2.05) is 0 Å². The summed E-state index contributed by atoms with van der Waals surface area (Å²) in [5.41, 5.74) is -0.149. The Kier molecular flexibility index (Phi) is 6.73. The molecule has 10 nitrogen and oxygen atoms in total. The zero-order valence-corrected chi connectivity index (χ0v) is 20.5. The summed E-state index contributed by atoms with van der Waals surface area (Å²) >= 11 is 6.19. The lowest BCUT2D eigenvalue weighted by Crippen LogP contribution is -2.39. The van der Waals surface area contributed by atoms with E-state index < -0.39 is 44.8 Å². The highest BCUT2D eigenvalue weighted by atomic mass is 35.5. The van der Waals surface area contributed by atoms with Gasteiger partial charge in [-0.1, -0.05) is 11.6 Å². The summed E-state index contributed by atoms with van der Waals surface area (Å²) in [4.78, 5) is 30.6. The molecule has 1 aliphatic rings. The van der Waals surface area contributed by atoms with Gasteiger partial charge in [-0.25, -0.2) is 21.5 Å². The highest BCUT2D eigenvalue weighted by Gasteiger charge is 2.35. The van der Waals surface area contributed by atoms with E-state index in [2.05, 4.69) is 4.98 Å². The van der Waals surface area contributed by atoms with Gasteiger partial charge in [0.25, 0.3) is 11.5 Å². The molecule has 2 aromatic carbocycles. The lowest BCUT2D eigenvalue weighted by Gasteiger charge is -2.17. The lowest BCUT2D eigenvalue weighted by atomic mass is 10.2. The van der Waals surface area contributed by atoms with Gasteiger partial charge in [-0.3, -0.25) is 19.1 Å². The van der Waals surface area contributed by atoms with Crippen LogP contribution in [0, 0.1) is 18.6 Å². The molecule has 1 amide bonds. The Bertz CT molecular complexity index is 1550. The van der Waals surface area contributed by atoms with E-state index in [-0.39, 0.29) is 47.6 Å². The summed E-state index contributed by atoms with van der Waals surface area (Å²) in [7, 11) is -3.74. The molecular weight excluding hydrogens is 522 g/mol. The Morgan fingerprint density at radius 3 is 2.56 bits per heavy atom. The maximum absolute atomic E-state index is 13.9. The van der Waals surface area contributed by atoms with Crippen LogP contribution in [0.25, 0.3) is 5.69 Å². The first kappa shape index (κ1) is 25.5. The molecule has 0 fully saturated rings. The van der Waals surface area contributed by atoms with Gasteiger partial charge in [0.1, 0.15) is 37.3 Å². The number of aryl methyl sites for hydroxylation is 1. The summed E-state index contributed by atoms with van der Waals surface area (Å²) in [6.07, 6.45) is 0.979. The van der Waals surface area contributed by atoms with E-state index in [1.54, 1.807) is 0 Å². The fraction of sp³-hybridized carbons (Fsp3) is 0.227. The molecule has 0 radical (unpaired) electrons. The summed E-state index contributed by atoms with van der Waals surface area (Å²) in [6.45, 7) is -0.0686. The maximum atomic E-state index is 13.9. The van der Waals surface area contributed by atoms with Crippen molar-refractivity contribution in [3.63, 3.8) is 0 Å². The SMILES string of the molecule is Cc1nc(OCc2ccc(F)cc2F)c(Cl)c(=O)n1-c1ccc2c(c1)N(C(=O)CO)CN2S(C)(=O)=O. The van der Waals surface area contributed by atoms with Crippen molar-refractivity contribution in [3.8, 4) is 11.6 Å². The molecule has 4 rings (SSSR count). The quantitative estimate of drug-likeness (QED) is 0.508. The van der Waals surface area contributed by atoms with Crippen LogP contribution in [0.3, 0.4) is 0 Å². The number of carbonyl (C=O) groups is 1. The van der Waals surface area contributed by atoms with Crippen LogP contribution in [0.15, 0.2) is 41.2 Å². The number of aromatic nitrogens is 2. The van der Waals surface area contributed by atoms with Crippen molar-refractivity contribution >= 4 is 38.9 Å². The number of anilines is 2. The van der Waals surface area contributed by atoms with Crippen molar-refractivity contribution < 1.29 is 31.8 Å². The first-order chi connectivity index (χ1) is 16.9. The molecule has 0 bridgehead atoms. The van der Waals surface area contributed by atoms with Crippen molar-refractivity contribution in [2.45, 2.75) is 13.5 Å². The second-order valence-corrected chi connectivity index (χ2v) is 10.1. The molecule has 190 valence electrons. The van der Waals surface area contributed by atoms with Crippen LogP contribution < -0.4 is 19.5 Å². The predicted molar refractivity (Wildman–Crippen MR) is 127 cm³/mol. The van der Waals surface area contributed by atoms with E-state index in [1.165, 1.54) is 31.2 Å². The lowest BCUT2D eigenvalue weighted by molar-refractivity contribution is -0.121. The van der Waals surface area contributed by atoms with Crippen LogP contribution in [0.5, 0.6) is 5.88 Å². The first-order valence-corrected chi connectivity index (χ1v) is 12.5. The number of fused-ring (bicyclic) bond motifs is 1.